The van der Waals surface area contributed by atoms with Crippen molar-refractivity contribution in [3.05, 3.63) is 11.6 Å². The summed E-state index contributed by atoms with van der Waals surface area (Å²) >= 11 is 0. The van der Waals surface area contributed by atoms with Crippen LogP contribution in [-0.2, 0) is 9.53 Å². The van der Waals surface area contributed by atoms with Gasteiger partial charge in [0.1, 0.15) is 0 Å². The average molecular weight is 331 g/mol. The molecule has 4 rings (SSSR count). The number of esters is 1. The highest BCUT2D eigenvalue weighted by Crippen LogP contribution is 2.72. The van der Waals surface area contributed by atoms with Crippen molar-refractivity contribution in [2.75, 3.05) is 6.61 Å². The molecule has 0 aromatic heterocycles. The Bertz CT molecular complexity index is 554. The van der Waals surface area contributed by atoms with E-state index in [0.29, 0.717) is 22.9 Å². The number of ether oxygens (including phenoxy) is 1. The first-order valence-corrected chi connectivity index (χ1v) is 10.2. The fraction of sp³-hybridized carbons (Fsp3) is 0.864. The Labute approximate surface area is 147 Å². The summed E-state index contributed by atoms with van der Waals surface area (Å²) in [4.78, 5) is 11.7. The van der Waals surface area contributed by atoms with Crippen LogP contribution in [0.15, 0.2) is 11.6 Å². The highest BCUT2D eigenvalue weighted by Gasteiger charge is 2.62. The first-order chi connectivity index (χ1) is 11.4. The molecule has 1 spiro atoms. The smallest absolute Gasteiger partial charge is 0.333 e. The van der Waals surface area contributed by atoms with Crippen LogP contribution < -0.4 is 0 Å². The van der Waals surface area contributed by atoms with Gasteiger partial charge in [-0.3, -0.25) is 0 Å². The summed E-state index contributed by atoms with van der Waals surface area (Å²) in [6, 6.07) is 0. The monoisotopic (exact) mass is 330 g/mol. The Morgan fingerprint density at radius 2 is 1.92 bits per heavy atom. The lowest BCUT2D eigenvalue weighted by atomic mass is 9.45. The second-order valence-corrected chi connectivity index (χ2v) is 10.0. The minimum atomic E-state index is -0.0670. The molecule has 0 radical (unpaired) electrons. The molecular weight excluding hydrogens is 296 g/mol. The van der Waals surface area contributed by atoms with Crippen molar-refractivity contribution in [3.8, 4) is 0 Å². The Morgan fingerprint density at radius 1 is 1.12 bits per heavy atom. The van der Waals surface area contributed by atoms with E-state index < -0.39 is 0 Å². The van der Waals surface area contributed by atoms with E-state index in [1.807, 2.05) is 0 Å². The highest BCUT2D eigenvalue weighted by molar-refractivity contribution is 5.90. The predicted octanol–water partition coefficient (Wildman–Crippen LogP) is 5.66. The molecule has 0 N–H and O–H groups in total. The van der Waals surface area contributed by atoms with Gasteiger partial charge in [-0.05, 0) is 79.4 Å². The van der Waals surface area contributed by atoms with Crippen LogP contribution in [0, 0.1) is 28.1 Å². The van der Waals surface area contributed by atoms with E-state index in [0.717, 1.165) is 30.3 Å². The van der Waals surface area contributed by atoms with Crippen LogP contribution >= 0.6 is 0 Å². The van der Waals surface area contributed by atoms with Gasteiger partial charge in [-0.15, -0.1) is 0 Å². The lowest BCUT2D eigenvalue weighted by Crippen LogP contribution is -2.52. The van der Waals surface area contributed by atoms with Crippen LogP contribution in [0.4, 0.5) is 0 Å². The molecule has 4 aliphatic rings. The fourth-order valence-electron chi connectivity index (χ4n) is 7.06. The Balaban J connectivity index is 1.53. The minimum absolute atomic E-state index is 0.0670. The summed E-state index contributed by atoms with van der Waals surface area (Å²) in [5.41, 5.74) is 2.62. The summed E-state index contributed by atoms with van der Waals surface area (Å²) < 4.78 is 5.09. The van der Waals surface area contributed by atoms with Gasteiger partial charge in [0, 0.05) is 12.0 Å². The summed E-state index contributed by atoms with van der Waals surface area (Å²) in [7, 11) is 0. The van der Waals surface area contributed by atoms with Gasteiger partial charge in [0.15, 0.2) is 0 Å². The largest absolute Gasteiger partial charge is 0.462 e. The Morgan fingerprint density at radius 3 is 2.58 bits per heavy atom. The summed E-state index contributed by atoms with van der Waals surface area (Å²) in [6.07, 6.45) is 15.4. The molecule has 1 aliphatic heterocycles. The van der Waals surface area contributed by atoms with E-state index in [1.54, 1.807) is 0 Å². The molecule has 1 heterocycles. The minimum Gasteiger partial charge on any atom is -0.462 e. The van der Waals surface area contributed by atoms with E-state index >= 15 is 0 Å². The summed E-state index contributed by atoms with van der Waals surface area (Å²) in [5, 5.41) is 0. The van der Waals surface area contributed by atoms with Crippen LogP contribution in [0.2, 0.25) is 0 Å². The van der Waals surface area contributed by atoms with Gasteiger partial charge in [0.25, 0.3) is 0 Å². The first kappa shape index (κ1) is 16.7. The fourth-order valence-corrected chi connectivity index (χ4v) is 7.06. The number of hydrogen-bond acceptors (Lipinski definition) is 2. The molecular formula is C22H34O2. The number of cyclic esters (lactones) is 1. The zero-order valence-corrected chi connectivity index (χ0v) is 15.8. The standard InChI is InChI=1S/C22H34O2/c1-20(2)10-5-11-21(3)17(20)8-12-22(13-14-22)18(21)7-4-6-16-9-15-24-19(16)23/h6,17-18H,4-5,7-15H2,1-3H3/b16-6+/t17-,18+,21-/m0/s1. The Hall–Kier alpha value is -0.790. The van der Waals surface area contributed by atoms with Crippen molar-refractivity contribution in [3.63, 3.8) is 0 Å². The van der Waals surface area contributed by atoms with Crippen LogP contribution in [-0.4, -0.2) is 12.6 Å². The Kier molecular flexibility index (Phi) is 3.89. The van der Waals surface area contributed by atoms with Gasteiger partial charge in [0.2, 0.25) is 0 Å². The maximum Gasteiger partial charge on any atom is 0.333 e. The maximum absolute atomic E-state index is 11.7. The highest BCUT2D eigenvalue weighted by atomic mass is 16.5. The van der Waals surface area contributed by atoms with Gasteiger partial charge in [-0.25, -0.2) is 4.79 Å². The third-order valence-corrected chi connectivity index (χ3v) is 8.35. The van der Waals surface area contributed by atoms with Crippen molar-refractivity contribution in [1.29, 1.82) is 0 Å². The molecule has 3 saturated carbocycles. The van der Waals surface area contributed by atoms with E-state index in [4.69, 9.17) is 4.74 Å². The lowest BCUT2D eigenvalue weighted by molar-refractivity contribution is -0.135. The molecule has 2 nitrogen and oxygen atoms in total. The molecule has 0 aromatic carbocycles. The second kappa shape index (κ2) is 5.61. The van der Waals surface area contributed by atoms with Crippen molar-refractivity contribution >= 4 is 5.97 Å². The third-order valence-electron chi connectivity index (χ3n) is 8.35. The molecule has 134 valence electrons. The number of fused-ring (bicyclic) bond motifs is 1. The molecule has 4 fully saturated rings. The zero-order chi connectivity index (χ0) is 17.0. The molecule has 0 amide bonds. The molecule has 2 heteroatoms. The molecule has 1 saturated heterocycles. The van der Waals surface area contributed by atoms with Crippen molar-refractivity contribution < 1.29 is 9.53 Å². The molecule has 0 bridgehead atoms. The van der Waals surface area contributed by atoms with Crippen LogP contribution in [0.5, 0.6) is 0 Å². The zero-order valence-electron chi connectivity index (χ0n) is 15.8. The van der Waals surface area contributed by atoms with Gasteiger partial charge < -0.3 is 4.74 Å². The van der Waals surface area contributed by atoms with Crippen LogP contribution in [0.3, 0.4) is 0 Å². The number of carbonyl (C=O) groups is 1. The van der Waals surface area contributed by atoms with Gasteiger partial charge >= 0.3 is 5.97 Å². The second-order valence-electron chi connectivity index (χ2n) is 10.0. The van der Waals surface area contributed by atoms with E-state index in [2.05, 4.69) is 26.8 Å². The van der Waals surface area contributed by atoms with Crippen LogP contribution in [0.1, 0.15) is 85.0 Å². The van der Waals surface area contributed by atoms with Crippen molar-refractivity contribution in [2.24, 2.45) is 28.1 Å². The quantitative estimate of drug-likeness (QED) is 0.493. The lowest BCUT2D eigenvalue weighted by Gasteiger charge is -2.60. The van der Waals surface area contributed by atoms with Crippen molar-refractivity contribution in [1.82, 2.24) is 0 Å². The van der Waals surface area contributed by atoms with Crippen molar-refractivity contribution in [2.45, 2.75) is 85.0 Å². The predicted molar refractivity (Wildman–Crippen MR) is 96.5 cm³/mol. The van der Waals surface area contributed by atoms with Gasteiger partial charge in [-0.2, -0.15) is 0 Å². The number of hydrogen-bond donors (Lipinski definition) is 0. The van der Waals surface area contributed by atoms with E-state index in [1.165, 1.54) is 51.4 Å². The van der Waals surface area contributed by atoms with Gasteiger partial charge in [0.05, 0.1) is 6.61 Å². The third kappa shape index (κ3) is 2.56. The molecule has 24 heavy (non-hydrogen) atoms. The normalized spacial score (nSPS) is 41.3. The molecule has 3 aliphatic carbocycles. The molecule has 3 atom stereocenters. The van der Waals surface area contributed by atoms with E-state index in [9.17, 15) is 4.79 Å². The SMILES string of the molecule is CC1(C)CCC[C@@]2(C)[C@H]1CCC1(CC1)[C@@H]2CC/C=C1\CCOC1=O. The van der Waals surface area contributed by atoms with Gasteiger partial charge in [-0.1, -0.05) is 33.3 Å². The summed E-state index contributed by atoms with van der Waals surface area (Å²) in [5.74, 6) is 1.68. The number of carbonyl (C=O) groups excluding carboxylic acids is 1. The van der Waals surface area contributed by atoms with Crippen LogP contribution in [0.25, 0.3) is 0 Å². The summed E-state index contributed by atoms with van der Waals surface area (Å²) in [6.45, 7) is 8.26. The van der Waals surface area contributed by atoms with E-state index in [-0.39, 0.29) is 5.97 Å². The maximum atomic E-state index is 11.7. The topological polar surface area (TPSA) is 26.3 Å². The molecule has 0 unspecified atom stereocenters. The number of rotatable bonds is 3. The first-order valence-electron chi connectivity index (χ1n) is 10.2. The molecule has 0 aromatic rings. The average Bonchev–Trinajstić information content (AvgIpc) is 3.16. The number of allylic oxidation sites excluding steroid dienone is 1.